The number of benzene rings is 1. The van der Waals surface area contributed by atoms with E-state index in [1.54, 1.807) is 0 Å². The average Bonchev–Trinajstić information content (AvgIpc) is 3.10. The summed E-state index contributed by atoms with van der Waals surface area (Å²) < 4.78 is 5.97. The first-order valence-corrected chi connectivity index (χ1v) is 8.14. The van der Waals surface area contributed by atoms with Crippen molar-refractivity contribution in [3.05, 3.63) is 36.0 Å². The smallest absolute Gasteiger partial charge is 0.0781 e. The molecule has 3 heteroatoms. The van der Waals surface area contributed by atoms with Crippen molar-refractivity contribution in [3.63, 3.8) is 0 Å². The first kappa shape index (κ1) is 13.1. The number of pyridine rings is 1. The summed E-state index contributed by atoms with van der Waals surface area (Å²) in [5, 5.41) is 4.97. The topological polar surface area (TPSA) is 34.1 Å². The van der Waals surface area contributed by atoms with Crippen LogP contribution < -0.4 is 5.32 Å². The maximum Gasteiger partial charge on any atom is 0.0781 e. The minimum absolute atomic E-state index is 0.400. The van der Waals surface area contributed by atoms with Gasteiger partial charge < -0.3 is 10.1 Å². The second kappa shape index (κ2) is 5.30. The van der Waals surface area contributed by atoms with Crippen LogP contribution in [0, 0.1) is 0 Å². The monoisotopic (exact) mass is 282 g/mol. The SMILES string of the molecule is CCCc1cc(NC2CC3CCC2O3)c2ccccc2n1. The van der Waals surface area contributed by atoms with Gasteiger partial charge in [0.1, 0.15) is 0 Å². The predicted octanol–water partition coefficient (Wildman–Crippen LogP) is 3.92. The third kappa shape index (κ3) is 2.40. The van der Waals surface area contributed by atoms with Gasteiger partial charge in [-0.15, -0.1) is 0 Å². The van der Waals surface area contributed by atoms with Gasteiger partial charge in [0.15, 0.2) is 0 Å². The molecule has 2 aliphatic rings. The van der Waals surface area contributed by atoms with E-state index in [4.69, 9.17) is 9.72 Å². The highest BCUT2D eigenvalue weighted by molar-refractivity contribution is 5.91. The summed E-state index contributed by atoms with van der Waals surface area (Å²) in [5.74, 6) is 0. The lowest BCUT2D eigenvalue weighted by atomic mass is 9.95. The molecule has 0 spiro atoms. The number of fused-ring (bicyclic) bond motifs is 3. The van der Waals surface area contributed by atoms with Crippen molar-refractivity contribution < 1.29 is 4.74 Å². The molecule has 2 aliphatic heterocycles. The van der Waals surface area contributed by atoms with Crippen LogP contribution >= 0.6 is 0 Å². The van der Waals surface area contributed by atoms with Crippen molar-refractivity contribution in [1.82, 2.24) is 4.98 Å². The molecular weight excluding hydrogens is 260 g/mol. The quantitative estimate of drug-likeness (QED) is 0.923. The van der Waals surface area contributed by atoms with E-state index in [1.807, 2.05) is 0 Å². The molecule has 1 aromatic carbocycles. The van der Waals surface area contributed by atoms with Crippen LogP contribution in [0.3, 0.4) is 0 Å². The Hall–Kier alpha value is -1.61. The number of nitrogens with zero attached hydrogens (tertiary/aromatic N) is 1. The highest BCUT2D eigenvalue weighted by Gasteiger charge is 2.40. The van der Waals surface area contributed by atoms with Gasteiger partial charge in [-0.2, -0.15) is 0 Å². The van der Waals surface area contributed by atoms with Crippen LogP contribution in [0.2, 0.25) is 0 Å². The van der Waals surface area contributed by atoms with E-state index in [-0.39, 0.29) is 0 Å². The zero-order valence-corrected chi connectivity index (χ0v) is 12.5. The van der Waals surface area contributed by atoms with Crippen LogP contribution in [0.15, 0.2) is 30.3 Å². The Morgan fingerprint density at radius 2 is 2.19 bits per heavy atom. The summed E-state index contributed by atoms with van der Waals surface area (Å²) in [5.41, 5.74) is 3.50. The summed E-state index contributed by atoms with van der Waals surface area (Å²) in [6, 6.07) is 11.1. The predicted molar refractivity (Wildman–Crippen MR) is 85.7 cm³/mol. The van der Waals surface area contributed by atoms with Crippen LogP contribution in [0.4, 0.5) is 5.69 Å². The Bertz CT molecular complexity index is 655. The number of rotatable bonds is 4. The third-order valence-electron chi connectivity index (χ3n) is 4.72. The Morgan fingerprint density at radius 1 is 1.29 bits per heavy atom. The molecule has 21 heavy (non-hydrogen) atoms. The van der Waals surface area contributed by atoms with Crippen molar-refractivity contribution in [2.75, 3.05) is 5.32 Å². The number of aryl methyl sites for hydroxylation is 1. The first-order valence-electron chi connectivity index (χ1n) is 8.14. The van der Waals surface area contributed by atoms with Gasteiger partial charge in [0, 0.05) is 16.8 Å². The van der Waals surface area contributed by atoms with E-state index in [1.165, 1.54) is 29.6 Å². The lowest BCUT2D eigenvalue weighted by Crippen LogP contribution is -2.30. The molecule has 0 saturated carbocycles. The highest BCUT2D eigenvalue weighted by Crippen LogP contribution is 2.37. The molecule has 1 N–H and O–H groups in total. The minimum atomic E-state index is 0.400. The van der Waals surface area contributed by atoms with Crippen molar-refractivity contribution in [2.45, 2.75) is 57.3 Å². The van der Waals surface area contributed by atoms with Crippen molar-refractivity contribution in [2.24, 2.45) is 0 Å². The van der Waals surface area contributed by atoms with Crippen molar-refractivity contribution in [3.8, 4) is 0 Å². The minimum Gasteiger partial charge on any atom is -0.379 e. The molecule has 0 amide bonds. The highest BCUT2D eigenvalue weighted by atomic mass is 16.5. The average molecular weight is 282 g/mol. The lowest BCUT2D eigenvalue weighted by molar-refractivity contribution is 0.102. The summed E-state index contributed by atoms with van der Waals surface area (Å²) in [4.78, 5) is 4.78. The second-order valence-corrected chi connectivity index (χ2v) is 6.29. The molecule has 3 atom stereocenters. The van der Waals surface area contributed by atoms with Gasteiger partial charge in [-0.1, -0.05) is 31.5 Å². The van der Waals surface area contributed by atoms with Gasteiger partial charge in [0.25, 0.3) is 0 Å². The molecule has 110 valence electrons. The van der Waals surface area contributed by atoms with Crippen molar-refractivity contribution >= 4 is 16.6 Å². The summed E-state index contributed by atoms with van der Waals surface area (Å²) in [7, 11) is 0. The summed E-state index contributed by atoms with van der Waals surface area (Å²) >= 11 is 0. The molecular formula is C18H22N2O. The van der Waals surface area contributed by atoms with Gasteiger partial charge in [-0.05, 0) is 37.8 Å². The standard InChI is InChI=1S/C18H22N2O/c1-2-5-12-10-16(14-6-3-4-7-15(14)19-12)20-17-11-13-8-9-18(17)21-13/h3-4,6-7,10,13,17-18H,2,5,8-9,11H2,1H3,(H,19,20). The molecule has 2 fully saturated rings. The number of para-hydroxylation sites is 1. The zero-order chi connectivity index (χ0) is 14.2. The van der Waals surface area contributed by atoms with Gasteiger partial charge in [0.05, 0.1) is 23.8 Å². The molecule has 2 bridgehead atoms. The van der Waals surface area contributed by atoms with E-state index < -0.39 is 0 Å². The Labute approximate surface area is 125 Å². The van der Waals surface area contributed by atoms with Gasteiger partial charge >= 0.3 is 0 Å². The fraction of sp³-hybridized carbons (Fsp3) is 0.500. The number of ether oxygens (including phenoxy) is 1. The fourth-order valence-corrected chi connectivity index (χ4v) is 3.72. The van der Waals surface area contributed by atoms with Crippen LogP contribution in [0.5, 0.6) is 0 Å². The van der Waals surface area contributed by atoms with E-state index in [0.717, 1.165) is 24.8 Å². The van der Waals surface area contributed by atoms with Gasteiger partial charge in [-0.3, -0.25) is 4.98 Å². The number of hydrogen-bond donors (Lipinski definition) is 1. The number of hydrogen-bond acceptors (Lipinski definition) is 3. The molecule has 0 radical (unpaired) electrons. The summed E-state index contributed by atoms with van der Waals surface area (Å²) in [6.07, 6.45) is 6.63. The van der Waals surface area contributed by atoms with Crippen LogP contribution in [0.1, 0.15) is 38.3 Å². The molecule has 4 rings (SSSR count). The molecule has 3 unspecified atom stereocenters. The molecule has 2 aromatic rings. The Balaban J connectivity index is 1.69. The molecule has 0 aliphatic carbocycles. The van der Waals surface area contributed by atoms with E-state index in [2.05, 4.69) is 42.6 Å². The van der Waals surface area contributed by atoms with Crippen LogP contribution in [0.25, 0.3) is 10.9 Å². The number of anilines is 1. The van der Waals surface area contributed by atoms with E-state index >= 15 is 0 Å². The normalized spacial score (nSPS) is 27.4. The molecule has 3 heterocycles. The molecule has 2 saturated heterocycles. The maximum atomic E-state index is 5.97. The lowest BCUT2D eigenvalue weighted by Gasteiger charge is -2.22. The number of nitrogens with one attached hydrogen (secondary N) is 1. The van der Waals surface area contributed by atoms with E-state index in [9.17, 15) is 0 Å². The maximum absolute atomic E-state index is 5.97. The summed E-state index contributed by atoms with van der Waals surface area (Å²) in [6.45, 7) is 2.20. The first-order chi connectivity index (χ1) is 10.3. The molecule has 1 aromatic heterocycles. The molecule has 3 nitrogen and oxygen atoms in total. The van der Waals surface area contributed by atoms with Gasteiger partial charge in [-0.25, -0.2) is 0 Å². The fourth-order valence-electron chi connectivity index (χ4n) is 3.72. The zero-order valence-electron chi connectivity index (χ0n) is 12.5. The second-order valence-electron chi connectivity index (χ2n) is 6.29. The number of aromatic nitrogens is 1. The van der Waals surface area contributed by atoms with Crippen LogP contribution in [-0.2, 0) is 11.2 Å². The van der Waals surface area contributed by atoms with Gasteiger partial charge in [0.2, 0.25) is 0 Å². The van der Waals surface area contributed by atoms with E-state index in [0.29, 0.717) is 18.2 Å². The van der Waals surface area contributed by atoms with Crippen molar-refractivity contribution in [1.29, 1.82) is 0 Å². The van der Waals surface area contributed by atoms with Crippen LogP contribution in [-0.4, -0.2) is 23.2 Å². The largest absolute Gasteiger partial charge is 0.379 e. The Morgan fingerprint density at radius 3 is 2.95 bits per heavy atom. The third-order valence-corrected chi connectivity index (χ3v) is 4.72. The Kier molecular flexibility index (Phi) is 3.30.